The van der Waals surface area contributed by atoms with Crippen LogP contribution in [-0.2, 0) is 12.3 Å². The summed E-state index contributed by atoms with van der Waals surface area (Å²) in [5, 5.41) is 2.11. The summed E-state index contributed by atoms with van der Waals surface area (Å²) >= 11 is 13.5. The molecule has 0 aliphatic heterocycles. The zero-order valence-electron chi connectivity index (χ0n) is 17.0. The standard InChI is InChI=1S/C22H20Cl2N4O2S/c1-13(2)7-8-27-21(30)17-5-3-14(23)9-18(17)26-22(27)31-12-16-10-20(29)28-11-15(24)4-6-19(28)25-16/h3-6,9-11,13H,7-8,12H2,1-2H3. The fraction of sp³-hybridized carbons (Fsp3) is 0.273. The van der Waals surface area contributed by atoms with Crippen molar-refractivity contribution in [2.75, 3.05) is 0 Å². The minimum Gasteiger partial charge on any atom is -0.287 e. The molecule has 0 saturated carbocycles. The van der Waals surface area contributed by atoms with Crippen LogP contribution in [0.25, 0.3) is 16.6 Å². The predicted molar refractivity (Wildman–Crippen MR) is 127 cm³/mol. The van der Waals surface area contributed by atoms with Gasteiger partial charge in [0.15, 0.2) is 5.16 Å². The summed E-state index contributed by atoms with van der Waals surface area (Å²) in [5.74, 6) is 0.842. The van der Waals surface area contributed by atoms with Crippen molar-refractivity contribution >= 4 is 51.5 Å². The molecule has 0 aliphatic carbocycles. The smallest absolute Gasteiger partial charge is 0.262 e. The van der Waals surface area contributed by atoms with E-state index in [9.17, 15) is 9.59 Å². The van der Waals surface area contributed by atoms with Crippen LogP contribution < -0.4 is 11.1 Å². The number of pyridine rings is 1. The van der Waals surface area contributed by atoms with E-state index in [1.54, 1.807) is 41.1 Å². The summed E-state index contributed by atoms with van der Waals surface area (Å²) in [6, 6.07) is 9.98. The van der Waals surface area contributed by atoms with E-state index >= 15 is 0 Å². The van der Waals surface area contributed by atoms with Crippen molar-refractivity contribution in [3.63, 3.8) is 0 Å². The van der Waals surface area contributed by atoms with Crippen LogP contribution in [-0.4, -0.2) is 18.9 Å². The number of thioether (sulfide) groups is 1. The summed E-state index contributed by atoms with van der Waals surface area (Å²) in [6.07, 6.45) is 2.39. The highest BCUT2D eigenvalue weighted by Gasteiger charge is 2.14. The van der Waals surface area contributed by atoms with Crippen LogP contribution >= 0.6 is 35.0 Å². The van der Waals surface area contributed by atoms with Gasteiger partial charge >= 0.3 is 0 Å². The van der Waals surface area contributed by atoms with Gasteiger partial charge in [0.1, 0.15) is 5.65 Å². The maximum atomic E-state index is 13.1. The van der Waals surface area contributed by atoms with Gasteiger partial charge in [-0.05, 0) is 42.7 Å². The molecule has 6 nitrogen and oxygen atoms in total. The van der Waals surface area contributed by atoms with Gasteiger partial charge in [0.2, 0.25) is 0 Å². The average molecular weight is 475 g/mol. The van der Waals surface area contributed by atoms with Crippen LogP contribution in [0.1, 0.15) is 26.0 Å². The highest BCUT2D eigenvalue weighted by molar-refractivity contribution is 7.98. The summed E-state index contributed by atoms with van der Waals surface area (Å²) in [6.45, 7) is 4.80. The summed E-state index contributed by atoms with van der Waals surface area (Å²) < 4.78 is 3.11. The Hall–Kier alpha value is -2.35. The number of hydrogen-bond donors (Lipinski definition) is 0. The van der Waals surface area contributed by atoms with Crippen LogP contribution in [0.5, 0.6) is 0 Å². The maximum absolute atomic E-state index is 13.1. The zero-order valence-corrected chi connectivity index (χ0v) is 19.3. The van der Waals surface area contributed by atoms with Crippen molar-refractivity contribution in [2.24, 2.45) is 5.92 Å². The minimum absolute atomic E-state index is 0.0917. The van der Waals surface area contributed by atoms with Gasteiger partial charge in [-0.2, -0.15) is 0 Å². The Balaban J connectivity index is 1.72. The first-order chi connectivity index (χ1) is 14.8. The van der Waals surface area contributed by atoms with Gasteiger partial charge < -0.3 is 0 Å². The van der Waals surface area contributed by atoms with Crippen LogP contribution in [0.15, 0.2) is 57.3 Å². The molecule has 0 N–H and O–H groups in total. The molecule has 0 spiro atoms. The van der Waals surface area contributed by atoms with Gasteiger partial charge in [-0.1, -0.05) is 48.8 Å². The first-order valence-corrected chi connectivity index (χ1v) is 11.6. The summed E-state index contributed by atoms with van der Waals surface area (Å²) in [7, 11) is 0. The monoisotopic (exact) mass is 474 g/mol. The molecule has 4 rings (SSSR count). The fourth-order valence-corrected chi connectivity index (χ4v) is 4.45. The predicted octanol–water partition coefficient (Wildman–Crippen LogP) is 5.05. The van der Waals surface area contributed by atoms with E-state index in [-0.39, 0.29) is 11.1 Å². The van der Waals surface area contributed by atoms with Gasteiger partial charge in [-0.3, -0.25) is 18.6 Å². The molecule has 0 fully saturated rings. The lowest BCUT2D eigenvalue weighted by atomic mass is 10.1. The normalized spacial score (nSPS) is 11.6. The number of rotatable bonds is 6. The molecule has 0 bridgehead atoms. The number of hydrogen-bond acceptors (Lipinski definition) is 5. The molecule has 9 heteroatoms. The number of aromatic nitrogens is 4. The molecule has 160 valence electrons. The molecule has 0 aliphatic rings. The third kappa shape index (κ3) is 4.79. The Morgan fingerprint density at radius 1 is 1.03 bits per heavy atom. The Kier molecular flexibility index (Phi) is 6.36. The van der Waals surface area contributed by atoms with Crippen molar-refractivity contribution in [2.45, 2.75) is 37.7 Å². The quantitative estimate of drug-likeness (QED) is 0.288. The van der Waals surface area contributed by atoms with Gasteiger partial charge in [0.05, 0.1) is 21.6 Å². The molecule has 0 atom stereocenters. The first kappa shape index (κ1) is 21.9. The van der Waals surface area contributed by atoms with E-state index in [1.807, 2.05) is 0 Å². The highest BCUT2D eigenvalue weighted by atomic mass is 35.5. The summed E-state index contributed by atoms with van der Waals surface area (Å²) in [5.41, 5.74) is 1.38. The molecule has 4 aromatic rings. The lowest BCUT2D eigenvalue weighted by Gasteiger charge is -2.14. The molecular weight excluding hydrogens is 455 g/mol. The van der Waals surface area contributed by atoms with E-state index in [4.69, 9.17) is 28.2 Å². The topological polar surface area (TPSA) is 69.3 Å². The van der Waals surface area contributed by atoms with Crippen molar-refractivity contribution in [1.82, 2.24) is 18.9 Å². The van der Waals surface area contributed by atoms with E-state index in [0.717, 1.165) is 6.42 Å². The number of fused-ring (bicyclic) bond motifs is 2. The Morgan fingerprint density at radius 2 is 1.81 bits per heavy atom. The van der Waals surface area contributed by atoms with E-state index in [1.165, 1.54) is 22.2 Å². The molecule has 0 unspecified atom stereocenters. The fourth-order valence-electron chi connectivity index (χ4n) is 3.21. The molecule has 3 aromatic heterocycles. The van der Waals surface area contributed by atoms with Crippen molar-refractivity contribution < 1.29 is 0 Å². The third-order valence-corrected chi connectivity index (χ3v) is 6.31. The Labute approximate surface area is 192 Å². The SMILES string of the molecule is CC(C)CCn1c(SCc2cc(=O)n3cc(Cl)ccc3n2)nc2cc(Cl)ccc2c1=O. The first-order valence-electron chi connectivity index (χ1n) is 9.82. The Morgan fingerprint density at radius 3 is 2.58 bits per heavy atom. The largest absolute Gasteiger partial charge is 0.287 e. The highest BCUT2D eigenvalue weighted by Crippen LogP contribution is 2.23. The minimum atomic E-state index is -0.210. The summed E-state index contributed by atoms with van der Waals surface area (Å²) in [4.78, 5) is 34.8. The van der Waals surface area contributed by atoms with Crippen LogP contribution in [0, 0.1) is 5.92 Å². The van der Waals surface area contributed by atoms with E-state index in [2.05, 4.69) is 18.8 Å². The van der Waals surface area contributed by atoms with Crippen molar-refractivity contribution in [3.8, 4) is 0 Å². The molecular formula is C22H20Cl2N4O2S. The molecule has 0 radical (unpaired) electrons. The van der Waals surface area contributed by atoms with Gasteiger partial charge in [0, 0.05) is 29.6 Å². The average Bonchev–Trinajstić information content (AvgIpc) is 2.72. The lowest BCUT2D eigenvalue weighted by molar-refractivity contribution is 0.481. The number of halogens is 2. The maximum Gasteiger partial charge on any atom is 0.262 e. The number of benzene rings is 1. The zero-order chi connectivity index (χ0) is 22.1. The van der Waals surface area contributed by atoms with E-state index in [0.29, 0.717) is 55.7 Å². The number of nitrogens with zero attached hydrogens (tertiary/aromatic N) is 4. The van der Waals surface area contributed by atoms with Gasteiger partial charge in [-0.15, -0.1) is 0 Å². The molecule has 3 heterocycles. The van der Waals surface area contributed by atoms with Gasteiger partial charge in [0.25, 0.3) is 11.1 Å². The van der Waals surface area contributed by atoms with E-state index < -0.39 is 0 Å². The second kappa shape index (κ2) is 9.02. The lowest BCUT2D eigenvalue weighted by Crippen LogP contribution is -2.24. The van der Waals surface area contributed by atoms with Crippen LogP contribution in [0.2, 0.25) is 10.0 Å². The molecule has 1 aromatic carbocycles. The van der Waals surface area contributed by atoms with Crippen LogP contribution in [0.3, 0.4) is 0 Å². The third-order valence-electron chi connectivity index (χ3n) is 4.84. The van der Waals surface area contributed by atoms with Gasteiger partial charge in [-0.25, -0.2) is 9.97 Å². The molecule has 31 heavy (non-hydrogen) atoms. The van der Waals surface area contributed by atoms with Crippen molar-refractivity contribution in [3.05, 3.63) is 79.0 Å². The van der Waals surface area contributed by atoms with Crippen molar-refractivity contribution in [1.29, 1.82) is 0 Å². The Bertz CT molecular complexity index is 1400. The molecule has 0 amide bonds. The molecule has 0 saturated heterocycles. The second-order valence-electron chi connectivity index (χ2n) is 7.65. The second-order valence-corrected chi connectivity index (χ2v) is 9.46. The van der Waals surface area contributed by atoms with Crippen LogP contribution in [0.4, 0.5) is 0 Å².